The third kappa shape index (κ3) is 1.55. The average Bonchev–Trinajstić information content (AvgIpc) is 2.61. The first-order valence-corrected chi connectivity index (χ1v) is 4.87. The van der Waals surface area contributed by atoms with Crippen LogP contribution in [0, 0.1) is 6.92 Å². The molecule has 3 nitrogen and oxygen atoms in total. The van der Waals surface area contributed by atoms with Gasteiger partial charge in [-0.3, -0.25) is 0 Å². The lowest BCUT2D eigenvalue weighted by atomic mass is 10.4. The van der Waals surface area contributed by atoms with Gasteiger partial charge in [0.2, 0.25) is 5.88 Å². The van der Waals surface area contributed by atoms with E-state index in [0.29, 0.717) is 15.9 Å². The summed E-state index contributed by atoms with van der Waals surface area (Å²) >= 11 is 7.19. The van der Waals surface area contributed by atoms with E-state index in [-0.39, 0.29) is 5.88 Å². The Morgan fingerprint density at radius 1 is 1.54 bits per heavy atom. The van der Waals surface area contributed by atoms with E-state index >= 15 is 0 Å². The molecule has 0 atom stereocenters. The Balaban J connectivity index is 2.46. The second-order valence-corrected chi connectivity index (χ2v) is 4.35. The van der Waals surface area contributed by atoms with Crippen molar-refractivity contribution in [2.75, 3.05) is 0 Å². The molecule has 2 heterocycles. The van der Waals surface area contributed by atoms with Crippen LogP contribution >= 0.6 is 22.9 Å². The average molecular weight is 215 g/mol. The van der Waals surface area contributed by atoms with E-state index in [1.54, 1.807) is 13.0 Å². The molecule has 0 aliphatic carbocycles. The molecule has 0 bridgehead atoms. The third-order valence-electron chi connectivity index (χ3n) is 1.67. The number of hydrogen-bond donors (Lipinski definition) is 2. The van der Waals surface area contributed by atoms with Gasteiger partial charge in [0.1, 0.15) is 0 Å². The molecule has 0 saturated heterocycles. The predicted molar refractivity (Wildman–Crippen MR) is 53.3 cm³/mol. The van der Waals surface area contributed by atoms with E-state index in [4.69, 9.17) is 11.6 Å². The summed E-state index contributed by atoms with van der Waals surface area (Å²) in [6.07, 6.45) is 0. The lowest BCUT2D eigenvalue weighted by Gasteiger charge is -1.86. The smallest absolute Gasteiger partial charge is 0.232 e. The highest BCUT2D eigenvalue weighted by Crippen LogP contribution is 2.30. The largest absolute Gasteiger partial charge is 0.492 e. The number of imidazole rings is 1. The number of hydrogen-bond acceptors (Lipinski definition) is 3. The Morgan fingerprint density at radius 2 is 2.31 bits per heavy atom. The number of nitrogens with one attached hydrogen (secondary N) is 1. The van der Waals surface area contributed by atoms with E-state index in [1.807, 2.05) is 6.07 Å². The maximum absolute atomic E-state index is 9.24. The van der Waals surface area contributed by atoms with Crippen LogP contribution in [0.15, 0.2) is 12.1 Å². The first-order valence-electron chi connectivity index (χ1n) is 3.68. The summed E-state index contributed by atoms with van der Waals surface area (Å²) in [5.41, 5.74) is 0.666. The molecule has 2 aromatic heterocycles. The molecule has 0 saturated carbocycles. The molecule has 5 heteroatoms. The minimum absolute atomic E-state index is 0.0412. The number of aromatic amines is 1. The molecular weight excluding hydrogens is 208 g/mol. The van der Waals surface area contributed by atoms with Gasteiger partial charge in [-0.25, -0.2) is 0 Å². The van der Waals surface area contributed by atoms with Crippen LogP contribution in [0.2, 0.25) is 4.34 Å². The fraction of sp³-hybridized carbons (Fsp3) is 0.125. The first kappa shape index (κ1) is 8.59. The molecule has 13 heavy (non-hydrogen) atoms. The minimum Gasteiger partial charge on any atom is -0.492 e. The summed E-state index contributed by atoms with van der Waals surface area (Å²) < 4.78 is 0.712. The molecular formula is C8H7ClN2OS. The van der Waals surface area contributed by atoms with Gasteiger partial charge in [0.15, 0.2) is 5.82 Å². The van der Waals surface area contributed by atoms with E-state index < -0.39 is 0 Å². The lowest BCUT2D eigenvalue weighted by Crippen LogP contribution is -1.73. The summed E-state index contributed by atoms with van der Waals surface area (Å²) in [6, 6.07) is 3.67. The molecule has 0 unspecified atom stereocenters. The van der Waals surface area contributed by atoms with Crippen molar-refractivity contribution in [3.8, 4) is 16.6 Å². The van der Waals surface area contributed by atoms with Crippen LogP contribution in [0.1, 0.15) is 5.69 Å². The number of rotatable bonds is 1. The standard InChI is InChI=1S/C8H7ClN2OS/c1-4-8(12)11-7(10-4)5-2-3-6(9)13-5/h2-3,12H,1H3,(H,10,11). The monoisotopic (exact) mass is 214 g/mol. The van der Waals surface area contributed by atoms with Crippen molar-refractivity contribution >= 4 is 22.9 Å². The zero-order valence-corrected chi connectivity index (χ0v) is 8.41. The summed E-state index contributed by atoms with van der Waals surface area (Å²) in [5, 5.41) is 9.24. The van der Waals surface area contributed by atoms with E-state index in [9.17, 15) is 5.11 Å². The van der Waals surface area contributed by atoms with Crippen molar-refractivity contribution in [3.63, 3.8) is 0 Å². The van der Waals surface area contributed by atoms with Gasteiger partial charge in [0.25, 0.3) is 0 Å². The van der Waals surface area contributed by atoms with Crippen molar-refractivity contribution in [1.29, 1.82) is 0 Å². The molecule has 2 N–H and O–H groups in total. The summed E-state index contributed by atoms with van der Waals surface area (Å²) in [5.74, 6) is 0.700. The molecule has 0 fully saturated rings. The van der Waals surface area contributed by atoms with Crippen LogP contribution in [-0.2, 0) is 0 Å². The van der Waals surface area contributed by atoms with Gasteiger partial charge in [-0.1, -0.05) is 11.6 Å². The first-order chi connectivity index (χ1) is 6.16. The fourth-order valence-corrected chi connectivity index (χ4v) is 2.00. The number of nitrogens with zero attached hydrogens (tertiary/aromatic N) is 1. The topological polar surface area (TPSA) is 48.9 Å². The van der Waals surface area contributed by atoms with Crippen LogP contribution in [-0.4, -0.2) is 15.1 Å². The molecule has 0 spiro atoms. The van der Waals surface area contributed by atoms with Crippen molar-refractivity contribution < 1.29 is 5.11 Å². The zero-order chi connectivity index (χ0) is 9.42. The Kier molecular flexibility index (Phi) is 2.01. The molecule has 0 aliphatic heterocycles. The Labute approximate surface area is 84.0 Å². The molecule has 0 aromatic carbocycles. The number of aromatic nitrogens is 2. The van der Waals surface area contributed by atoms with Crippen molar-refractivity contribution in [2.24, 2.45) is 0 Å². The second-order valence-electron chi connectivity index (χ2n) is 2.64. The Bertz CT molecular complexity index is 416. The maximum Gasteiger partial charge on any atom is 0.232 e. The molecule has 68 valence electrons. The van der Waals surface area contributed by atoms with Crippen molar-refractivity contribution in [1.82, 2.24) is 9.97 Å². The van der Waals surface area contributed by atoms with Gasteiger partial charge in [0, 0.05) is 0 Å². The van der Waals surface area contributed by atoms with E-state index in [1.165, 1.54) is 11.3 Å². The maximum atomic E-state index is 9.24. The molecule has 0 radical (unpaired) electrons. The summed E-state index contributed by atoms with van der Waals surface area (Å²) in [4.78, 5) is 7.83. The lowest BCUT2D eigenvalue weighted by molar-refractivity contribution is 0.452. The van der Waals surface area contributed by atoms with E-state index in [0.717, 1.165) is 4.88 Å². The molecule has 2 rings (SSSR count). The van der Waals surface area contributed by atoms with Gasteiger partial charge in [-0.2, -0.15) is 4.98 Å². The summed E-state index contributed by atoms with van der Waals surface area (Å²) in [7, 11) is 0. The van der Waals surface area contributed by atoms with Gasteiger partial charge in [-0.15, -0.1) is 11.3 Å². The third-order valence-corrected chi connectivity index (χ3v) is 2.90. The normalized spacial score (nSPS) is 10.6. The Hall–Kier alpha value is -1.00. The Morgan fingerprint density at radius 3 is 2.77 bits per heavy atom. The highest BCUT2D eigenvalue weighted by Gasteiger charge is 2.08. The minimum atomic E-state index is 0.0412. The van der Waals surface area contributed by atoms with Crippen LogP contribution < -0.4 is 0 Å². The van der Waals surface area contributed by atoms with Crippen LogP contribution in [0.5, 0.6) is 5.88 Å². The second kappa shape index (κ2) is 3.05. The molecule has 0 amide bonds. The number of aryl methyl sites for hydroxylation is 1. The van der Waals surface area contributed by atoms with Gasteiger partial charge >= 0.3 is 0 Å². The van der Waals surface area contributed by atoms with E-state index in [2.05, 4.69) is 9.97 Å². The van der Waals surface area contributed by atoms with Crippen LogP contribution in [0.25, 0.3) is 10.7 Å². The number of H-pyrrole nitrogens is 1. The van der Waals surface area contributed by atoms with Gasteiger partial charge in [-0.05, 0) is 19.1 Å². The highest BCUT2D eigenvalue weighted by atomic mass is 35.5. The van der Waals surface area contributed by atoms with Crippen LogP contribution in [0.3, 0.4) is 0 Å². The zero-order valence-electron chi connectivity index (χ0n) is 6.84. The summed E-state index contributed by atoms with van der Waals surface area (Å²) in [6.45, 7) is 1.76. The number of thiophene rings is 1. The highest BCUT2D eigenvalue weighted by molar-refractivity contribution is 7.19. The van der Waals surface area contributed by atoms with Crippen molar-refractivity contribution in [3.05, 3.63) is 22.2 Å². The molecule has 2 aromatic rings. The number of aromatic hydroxyl groups is 1. The SMILES string of the molecule is Cc1[nH]c(-c2ccc(Cl)s2)nc1O. The number of halogens is 1. The van der Waals surface area contributed by atoms with Gasteiger partial charge < -0.3 is 10.1 Å². The molecule has 0 aliphatic rings. The van der Waals surface area contributed by atoms with Crippen LogP contribution in [0.4, 0.5) is 0 Å². The predicted octanol–water partition coefficient (Wildman–Crippen LogP) is 2.81. The van der Waals surface area contributed by atoms with Crippen molar-refractivity contribution in [2.45, 2.75) is 6.92 Å². The quantitative estimate of drug-likeness (QED) is 0.767. The fourth-order valence-electron chi connectivity index (χ4n) is 1.01. The van der Waals surface area contributed by atoms with Gasteiger partial charge in [0.05, 0.1) is 14.9 Å².